The zero-order valence-electron chi connectivity index (χ0n) is 8.60. The van der Waals surface area contributed by atoms with Crippen LogP contribution in [0.5, 0.6) is 0 Å². The molecule has 0 atom stereocenters. The van der Waals surface area contributed by atoms with E-state index in [1.165, 1.54) is 12.8 Å². The third kappa shape index (κ3) is 9.40. The summed E-state index contributed by atoms with van der Waals surface area (Å²) < 4.78 is 0. The molecule has 6 heteroatoms. The summed E-state index contributed by atoms with van der Waals surface area (Å²) in [6.45, 7) is 8.06. The minimum atomic E-state index is -0.896. The summed E-state index contributed by atoms with van der Waals surface area (Å²) in [6.07, 6.45) is 8.57. The van der Waals surface area contributed by atoms with E-state index in [2.05, 4.69) is 35.7 Å². The van der Waals surface area contributed by atoms with Gasteiger partial charge in [-0.3, -0.25) is 0 Å². The third-order valence-electron chi connectivity index (χ3n) is 1.85. The number of nitrogens with zero attached hydrogens (tertiary/aromatic N) is 2. The summed E-state index contributed by atoms with van der Waals surface area (Å²) in [5.74, 6) is 0. The van der Waals surface area contributed by atoms with Crippen LogP contribution in [0.25, 0.3) is 0 Å². The van der Waals surface area contributed by atoms with Gasteiger partial charge in [-0.2, -0.15) is 0 Å². The topological polar surface area (TPSA) is 6.48 Å². The zero-order valence-corrected chi connectivity index (χ0v) is 11.8. The van der Waals surface area contributed by atoms with Gasteiger partial charge in [0.05, 0.1) is 6.67 Å². The molecule has 94 valence electrons. The summed E-state index contributed by atoms with van der Waals surface area (Å²) in [5, 5.41) is 0. The van der Waals surface area contributed by atoms with E-state index in [0.29, 0.717) is 0 Å². The molecular formula is C9H16Cl3CuN2. The normalized spacial score (nSPS) is 14.8. The van der Waals surface area contributed by atoms with Crippen LogP contribution < -0.4 is 0 Å². The number of halogens is 3. The molecule has 0 bridgehead atoms. The van der Waals surface area contributed by atoms with Gasteiger partial charge in [0.1, 0.15) is 0 Å². The van der Waals surface area contributed by atoms with Crippen LogP contribution in [0.15, 0.2) is 25.2 Å². The van der Waals surface area contributed by atoms with E-state index in [9.17, 15) is 0 Å². The Labute approximate surface area is 109 Å². The van der Waals surface area contributed by atoms with Gasteiger partial charge in [-0.25, -0.2) is 0 Å². The first-order chi connectivity index (χ1) is 7.10. The molecule has 0 aromatic carbocycles. The molecule has 1 aliphatic heterocycles. The average Bonchev–Trinajstić information content (AvgIpc) is 2.61. The minimum absolute atomic E-state index is 0.896. The van der Waals surface area contributed by atoms with Crippen molar-refractivity contribution < 1.29 is 11.2 Å². The third-order valence-corrected chi connectivity index (χ3v) is 1.85. The Morgan fingerprint density at radius 1 is 1.40 bits per heavy atom. The number of unbranched alkanes of at least 4 members (excludes halogenated alkanes) is 1. The van der Waals surface area contributed by atoms with E-state index in [0.717, 1.165) is 13.2 Å². The summed E-state index contributed by atoms with van der Waals surface area (Å²) in [4.78, 5) is 4.38. The summed E-state index contributed by atoms with van der Waals surface area (Å²) in [6, 6.07) is 0. The Morgan fingerprint density at radius 3 is 2.40 bits per heavy atom. The van der Waals surface area contributed by atoms with Crippen molar-refractivity contribution in [2.75, 3.05) is 13.2 Å². The van der Waals surface area contributed by atoms with Crippen LogP contribution in [-0.2, 0) is 11.2 Å². The molecule has 1 heterocycles. The van der Waals surface area contributed by atoms with E-state index in [1.807, 2.05) is 6.20 Å². The van der Waals surface area contributed by atoms with Gasteiger partial charge in [-0.15, -0.1) is 0 Å². The first-order valence-electron chi connectivity index (χ1n) is 4.51. The van der Waals surface area contributed by atoms with Crippen LogP contribution in [-0.4, -0.2) is 23.0 Å². The van der Waals surface area contributed by atoms with E-state index in [1.54, 1.807) is 0 Å². The van der Waals surface area contributed by atoms with Crippen LogP contribution in [0.3, 0.4) is 0 Å². The van der Waals surface area contributed by atoms with Gasteiger partial charge in [0.2, 0.25) is 0 Å². The number of hydrogen-bond donors (Lipinski definition) is 0. The van der Waals surface area contributed by atoms with E-state index in [-0.39, 0.29) is 0 Å². The fourth-order valence-electron chi connectivity index (χ4n) is 1.11. The summed E-state index contributed by atoms with van der Waals surface area (Å²) in [7, 11) is 14.5. The molecule has 15 heavy (non-hydrogen) atoms. The maximum atomic E-state index is 4.83. The van der Waals surface area contributed by atoms with Crippen molar-refractivity contribution in [3.63, 3.8) is 0 Å². The molecular weight excluding hydrogens is 306 g/mol. The molecule has 0 radical (unpaired) electrons. The molecule has 0 saturated carbocycles. The van der Waals surface area contributed by atoms with Gasteiger partial charge in [-0.1, -0.05) is 19.9 Å². The SMILES string of the molecule is C=CN1C=CN(CCCC)C1.[Cl][Cu]([Cl])[Cl]. The molecule has 0 fully saturated rings. The number of rotatable bonds is 4. The van der Waals surface area contributed by atoms with Gasteiger partial charge in [-0.05, 0) is 12.6 Å². The van der Waals surface area contributed by atoms with Crippen molar-refractivity contribution >= 4 is 30.3 Å². The monoisotopic (exact) mass is 320 g/mol. The molecule has 0 unspecified atom stereocenters. The molecule has 0 aliphatic carbocycles. The molecule has 0 aromatic heterocycles. The zero-order chi connectivity index (χ0) is 11.7. The Morgan fingerprint density at radius 2 is 2.00 bits per heavy atom. The van der Waals surface area contributed by atoms with Crippen LogP contribution >= 0.6 is 30.3 Å². The molecule has 1 rings (SSSR count). The second kappa shape index (κ2) is 9.68. The van der Waals surface area contributed by atoms with E-state index < -0.39 is 11.2 Å². The standard InChI is InChI=1S/C9H16N2.3ClH.Cu/c1-3-5-6-11-8-7-10(4-2)9-11;;;;/h4,7-8H,2-3,5-6,9H2,1H3;3*1H;/q;;;;+3/p-3. The predicted molar refractivity (Wildman–Crippen MR) is 65.2 cm³/mol. The van der Waals surface area contributed by atoms with Crippen molar-refractivity contribution in [2.24, 2.45) is 0 Å². The molecule has 0 aromatic rings. The van der Waals surface area contributed by atoms with Crippen molar-refractivity contribution in [1.29, 1.82) is 0 Å². The summed E-state index contributed by atoms with van der Waals surface area (Å²) >= 11 is -0.896. The van der Waals surface area contributed by atoms with Gasteiger partial charge in [0, 0.05) is 18.9 Å². The second-order valence-corrected chi connectivity index (χ2v) is 7.60. The Balaban J connectivity index is 0.000000423. The second-order valence-electron chi connectivity index (χ2n) is 2.93. The van der Waals surface area contributed by atoms with Crippen molar-refractivity contribution in [3.8, 4) is 0 Å². The van der Waals surface area contributed by atoms with Gasteiger partial charge >= 0.3 is 41.5 Å². The average molecular weight is 322 g/mol. The van der Waals surface area contributed by atoms with Crippen LogP contribution in [0.1, 0.15) is 19.8 Å². The summed E-state index contributed by atoms with van der Waals surface area (Å²) in [5.41, 5.74) is 0. The fraction of sp³-hybridized carbons (Fsp3) is 0.556. The van der Waals surface area contributed by atoms with E-state index >= 15 is 0 Å². The molecule has 0 saturated heterocycles. The van der Waals surface area contributed by atoms with Crippen molar-refractivity contribution in [3.05, 3.63) is 25.2 Å². The molecule has 2 nitrogen and oxygen atoms in total. The first-order valence-corrected chi connectivity index (χ1v) is 8.40. The maximum absolute atomic E-state index is 4.83. The van der Waals surface area contributed by atoms with Gasteiger partial charge in [0.25, 0.3) is 0 Å². The van der Waals surface area contributed by atoms with Crippen LogP contribution in [0.2, 0.25) is 0 Å². The fourth-order valence-corrected chi connectivity index (χ4v) is 1.11. The van der Waals surface area contributed by atoms with Crippen LogP contribution in [0.4, 0.5) is 0 Å². The number of hydrogen-bond acceptors (Lipinski definition) is 2. The Hall–Kier alpha value is 0.469. The van der Waals surface area contributed by atoms with Gasteiger partial charge in [0.15, 0.2) is 0 Å². The van der Waals surface area contributed by atoms with Crippen LogP contribution in [0, 0.1) is 0 Å². The molecule has 1 aliphatic rings. The predicted octanol–water partition coefficient (Wildman–Crippen LogP) is 4.04. The van der Waals surface area contributed by atoms with Crippen molar-refractivity contribution in [2.45, 2.75) is 19.8 Å². The Bertz CT molecular complexity index is 197. The molecule has 0 spiro atoms. The molecule has 0 N–H and O–H groups in total. The Kier molecular flexibility index (Phi) is 9.98. The van der Waals surface area contributed by atoms with E-state index in [4.69, 9.17) is 30.3 Å². The first kappa shape index (κ1) is 15.5. The molecule has 0 amide bonds. The van der Waals surface area contributed by atoms with Crippen molar-refractivity contribution in [1.82, 2.24) is 9.80 Å². The van der Waals surface area contributed by atoms with Gasteiger partial charge < -0.3 is 9.80 Å². The quantitative estimate of drug-likeness (QED) is 0.721.